The topological polar surface area (TPSA) is 76.7 Å². The van der Waals surface area contributed by atoms with E-state index in [9.17, 15) is 9.59 Å². The lowest BCUT2D eigenvalue weighted by Gasteiger charge is -2.08. The van der Waals surface area contributed by atoms with E-state index in [1.165, 1.54) is 0 Å². The largest absolute Gasteiger partial charge is 0.449 e. The van der Waals surface area contributed by atoms with Gasteiger partial charge in [0.2, 0.25) is 0 Å². The number of hydrazine groups is 1. The molecule has 0 aliphatic heterocycles. The number of carbonyl (C=O) groups excluding carboxylic acids is 2. The summed E-state index contributed by atoms with van der Waals surface area (Å²) in [6.07, 6.45) is -0.695. The molecule has 0 aliphatic rings. The highest BCUT2D eigenvalue weighted by atomic mass is 16.6. The molecule has 0 atom stereocenters. The van der Waals surface area contributed by atoms with E-state index in [1.54, 1.807) is 32.2 Å². The lowest BCUT2D eigenvalue weighted by Crippen LogP contribution is -2.41. The van der Waals surface area contributed by atoms with Crippen molar-refractivity contribution in [1.82, 2.24) is 10.9 Å². The van der Waals surface area contributed by atoms with Crippen LogP contribution < -0.4 is 10.9 Å². The van der Waals surface area contributed by atoms with Crippen molar-refractivity contribution in [2.45, 2.75) is 13.5 Å². The summed E-state index contributed by atoms with van der Waals surface area (Å²) in [7, 11) is 1.58. The number of hydrogen-bond acceptors (Lipinski definition) is 4. The van der Waals surface area contributed by atoms with E-state index < -0.39 is 12.0 Å². The monoisotopic (exact) mass is 252 g/mol. The third kappa shape index (κ3) is 4.42. The van der Waals surface area contributed by atoms with Crippen LogP contribution in [0.4, 0.5) is 4.79 Å². The van der Waals surface area contributed by atoms with E-state index in [1.807, 2.05) is 6.07 Å². The summed E-state index contributed by atoms with van der Waals surface area (Å²) in [4.78, 5) is 22.7. The Morgan fingerprint density at radius 2 is 2.06 bits per heavy atom. The Labute approximate surface area is 105 Å². The molecule has 0 bridgehead atoms. The Morgan fingerprint density at radius 1 is 1.28 bits per heavy atom. The number of amides is 2. The van der Waals surface area contributed by atoms with Gasteiger partial charge in [0.25, 0.3) is 5.91 Å². The van der Waals surface area contributed by atoms with Gasteiger partial charge in [-0.25, -0.2) is 10.2 Å². The van der Waals surface area contributed by atoms with E-state index in [2.05, 4.69) is 15.6 Å². The highest BCUT2D eigenvalue weighted by molar-refractivity contribution is 5.95. The second kappa shape index (κ2) is 7.29. The number of carbonyl (C=O) groups is 2. The number of nitrogens with one attached hydrogen (secondary N) is 2. The molecule has 2 N–H and O–H groups in total. The molecule has 0 aliphatic carbocycles. The summed E-state index contributed by atoms with van der Waals surface area (Å²) in [5.74, 6) is -0.416. The molecule has 1 aromatic carbocycles. The Hall–Kier alpha value is -2.08. The molecule has 0 heterocycles. The van der Waals surface area contributed by atoms with Crippen LogP contribution in [0.5, 0.6) is 0 Å². The van der Waals surface area contributed by atoms with Crippen LogP contribution in [0, 0.1) is 0 Å². The Balaban J connectivity index is 2.55. The molecule has 6 nitrogen and oxygen atoms in total. The van der Waals surface area contributed by atoms with Gasteiger partial charge in [0.1, 0.15) is 0 Å². The molecule has 0 saturated heterocycles. The van der Waals surface area contributed by atoms with Crippen molar-refractivity contribution >= 4 is 12.0 Å². The Bertz CT molecular complexity index is 420. The summed E-state index contributed by atoms with van der Waals surface area (Å²) >= 11 is 0. The second-order valence-corrected chi connectivity index (χ2v) is 3.43. The number of rotatable bonds is 4. The van der Waals surface area contributed by atoms with E-state index in [-0.39, 0.29) is 6.61 Å². The molecule has 2 amide bonds. The number of ether oxygens (including phenoxy) is 2. The molecule has 0 fully saturated rings. The molecule has 0 aromatic heterocycles. The fourth-order valence-electron chi connectivity index (χ4n) is 1.32. The van der Waals surface area contributed by atoms with Crippen molar-refractivity contribution in [2.75, 3.05) is 13.7 Å². The summed E-state index contributed by atoms with van der Waals surface area (Å²) in [6.45, 7) is 2.34. The highest BCUT2D eigenvalue weighted by Crippen LogP contribution is 2.05. The SMILES string of the molecule is CCOC(=O)NNC(=O)c1cccc(COC)c1. The summed E-state index contributed by atoms with van der Waals surface area (Å²) in [6, 6.07) is 6.92. The van der Waals surface area contributed by atoms with Gasteiger partial charge < -0.3 is 9.47 Å². The number of benzene rings is 1. The maximum absolute atomic E-state index is 11.7. The first-order valence-electron chi connectivity index (χ1n) is 5.48. The molecule has 0 spiro atoms. The highest BCUT2D eigenvalue weighted by Gasteiger charge is 2.07. The van der Waals surface area contributed by atoms with Gasteiger partial charge in [-0.1, -0.05) is 12.1 Å². The average Bonchev–Trinajstić information content (AvgIpc) is 2.37. The molecular weight excluding hydrogens is 236 g/mol. The van der Waals surface area contributed by atoms with Crippen LogP contribution in [0.25, 0.3) is 0 Å². The molecule has 6 heteroatoms. The maximum Gasteiger partial charge on any atom is 0.426 e. The van der Waals surface area contributed by atoms with Crippen molar-refractivity contribution < 1.29 is 19.1 Å². The van der Waals surface area contributed by atoms with Crippen LogP contribution in [0.15, 0.2) is 24.3 Å². The van der Waals surface area contributed by atoms with Gasteiger partial charge in [0.15, 0.2) is 0 Å². The van der Waals surface area contributed by atoms with Crippen molar-refractivity contribution in [3.63, 3.8) is 0 Å². The van der Waals surface area contributed by atoms with Gasteiger partial charge >= 0.3 is 6.09 Å². The predicted molar refractivity (Wildman–Crippen MR) is 64.8 cm³/mol. The Kier molecular flexibility index (Phi) is 5.66. The van der Waals surface area contributed by atoms with E-state index in [4.69, 9.17) is 4.74 Å². The summed E-state index contributed by atoms with van der Waals surface area (Å²) < 4.78 is 9.58. The molecule has 0 radical (unpaired) electrons. The van der Waals surface area contributed by atoms with E-state index in [0.29, 0.717) is 12.2 Å². The third-order valence-corrected chi connectivity index (χ3v) is 2.05. The van der Waals surface area contributed by atoms with Crippen LogP contribution in [-0.4, -0.2) is 25.7 Å². The number of methoxy groups -OCH3 is 1. The predicted octanol–water partition coefficient (Wildman–Crippen LogP) is 1.22. The van der Waals surface area contributed by atoms with Gasteiger partial charge in [-0.2, -0.15) is 0 Å². The minimum atomic E-state index is -0.695. The first-order valence-corrected chi connectivity index (χ1v) is 5.48. The fourth-order valence-corrected chi connectivity index (χ4v) is 1.32. The van der Waals surface area contributed by atoms with Gasteiger partial charge in [-0.15, -0.1) is 0 Å². The summed E-state index contributed by atoms with van der Waals surface area (Å²) in [5, 5.41) is 0. The van der Waals surface area contributed by atoms with E-state index in [0.717, 1.165) is 5.56 Å². The third-order valence-electron chi connectivity index (χ3n) is 2.05. The zero-order valence-corrected chi connectivity index (χ0v) is 10.4. The molecular formula is C12H16N2O4. The van der Waals surface area contributed by atoms with Crippen molar-refractivity contribution in [1.29, 1.82) is 0 Å². The normalized spacial score (nSPS) is 9.67. The van der Waals surface area contributed by atoms with Crippen LogP contribution in [0.3, 0.4) is 0 Å². The zero-order chi connectivity index (χ0) is 13.4. The fraction of sp³-hybridized carbons (Fsp3) is 0.333. The average molecular weight is 252 g/mol. The van der Waals surface area contributed by atoms with Crippen LogP contribution in [0.2, 0.25) is 0 Å². The molecule has 0 saturated carbocycles. The molecule has 18 heavy (non-hydrogen) atoms. The van der Waals surface area contributed by atoms with Crippen molar-refractivity contribution in [3.8, 4) is 0 Å². The smallest absolute Gasteiger partial charge is 0.426 e. The molecule has 98 valence electrons. The summed E-state index contributed by atoms with van der Waals surface area (Å²) in [5.41, 5.74) is 5.70. The molecule has 0 unspecified atom stereocenters. The second-order valence-electron chi connectivity index (χ2n) is 3.43. The van der Waals surface area contributed by atoms with Crippen LogP contribution >= 0.6 is 0 Å². The quantitative estimate of drug-likeness (QED) is 0.790. The maximum atomic E-state index is 11.7. The minimum Gasteiger partial charge on any atom is -0.449 e. The van der Waals surface area contributed by atoms with Gasteiger partial charge in [0.05, 0.1) is 13.2 Å². The van der Waals surface area contributed by atoms with Gasteiger partial charge in [-0.05, 0) is 24.6 Å². The minimum absolute atomic E-state index is 0.241. The standard InChI is InChI=1S/C12H16N2O4/c1-3-18-12(16)14-13-11(15)10-6-4-5-9(7-10)8-17-2/h4-7H,3,8H2,1-2H3,(H,13,15)(H,14,16). The van der Waals surface area contributed by atoms with Crippen LogP contribution in [0.1, 0.15) is 22.8 Å². The first-order chi connectivity index (χ1) is 8.67. The van der Waals surface area contributed by atoms with E-state index >= 15 is 0 Å². The molecule has 1 aromatic rings. The van der Waals surface area contributed by atoms with Crippen molar-refractivity contribution in [2.24, 2.45) is 0 Å². The Morgan fingerprint density at radius 3 is 2.72 bits per heavy atom. The van der Waals surface area contributed by atoms with Crippen molar-refractivity contribution in [3.05, 3.63) is 35.4 Å². The lowest BCUT2D eigenvalue weighted by atomic mass is 10.1. The van der Waals surface area contributed by atoms with Gasteiger partial charge in [-0.3, -0.25) is 10.2 Å². The molecule has 1 rings (SSSR count). The van der Waals surface area contributed by atoms with Gasteiger partial charge in [0, 0.05) is 12.7 Å². The zero-order valence-electron chi connectivity index (χ0n) is 10.4. The lowest BCUT2D eigenvalue weighted by molar-refractivity contribution is 0.0912. The number of hydrogen-bond donors (Lipinski definition) is 2. The first kappa shape index (κ1) is 14.0. The van der Waals surface area contributed by atoms with Crippen LogP contribution in [-0.2, 0) is 16.1 Å².